The maximum atomic E-state index is 13.2. The molecule has 1 aliphatic rings. The molecule has 4 nitrogen and oxygen atoms in total. The van der Waals surface area contributed by atoms with Crippen LogP contribution in [-0.2, 0) is 0 Å². The van der Waals surface area contributed by atoms with Gasteiger partial charge in [-0.3, -0.25) is 4.79 Å². The molecule has 5 heteroatoms. The molecule has 0 N–H and O–H groups in total. The standard InChI is InChI=1S/C28H30FNO3/c1-32-25-11-13-26(14-12-25)33-27(21-5-3-2-4-6-21)17-20-30-18-15-23(16-19-30)28(31)22-7-9-24(29)10-8-22/h2-14,23,27H,15-20H2,1H3. The first-order valence-electron chi connectivity index (χ1n) is 11.5. The average Bonchev–Trinajstić information content (AvgIpc) is 2.88. The van der Waals surface area contributed by atoms with E-state index in [4.69, 9.17) is 9.47 Å². The minimum Gasteiger partial charge on any atom is -0.497 e. The second-order valence-corrected chi connectivity index (χ2v) is 8.47. The lowest BCUT2D eigenvalue weighted by Crippen LogP contribution is -2.37. The molecule has 0 radical (unpaired) electrons. The normalized spacial score (nSPS) is 15.7. The monoisotopic (exact) mass is 447 g/mol. The number of likely N-dealkylation sites (tertiary alicyclic amines) is 1. The summed E-state index contributed by atoms with van der Waals surface area (Å²) in [6, 6.07) is 23.8. The summed E-state index contributed by atoms with van der Waals surface area (Å²) in [5, 5.41) is 0. The first kappa shape index (κ1) is 23.0. The van der Waals surface area contributed by atoms with Gasteiger partial charge in [0.1, 0.15) is 23.4 Å². The average molecular weight is 448 g/mol. The van der Waals surface area contributed by atoms with Crippen molar-refractivity contribution in [1.82, 2.24) is 4.90 Å². The van der Waals surface area contributed by atoms with Crippen molar-refractivity contribution < 1.29 is 18.7 Å². The van der Waals surface area contributed by atoms with E-state index < -0.39 is 0 Å². The molecule has 0 aliphatic carbocycles. The highest BCUT2D eigenvalue weighted by molar-refractivity contribution is 5.97. The molecule has 1 aliphatic heterocycles. The first-order valence-corrected chi connectivity index (χ1v) is 11.5. The van der Waals surface area contributed by atoms with E-state index in [9.17, 15) is 9.18 Å². The van der Waals surface area contributed by atoms with Gasteiger partial charge in [0, 0.05) is 24.4 Å². The molecule has 1 heterocycles. The molecule has 1 saturated heterocycles. The molecule has 1 fully saturated rings. The number of carbonyl (C=O) groups excluding carboxylic acids is 1. The Morgan fingerprint density at radius 1 is 0.939 bits per heavy atom. The SMILES string of the molecule is COc1ccc(OC(CCN2CCC(C(=O)c3ccc(F)cc3)CC2)c2ccccc2)cc1. The fourth-order valence-corrected chi connectivity index (χ4v) is 4.35. The number of methoxy groups -OCH3 is 1. The number of benzene rings is 3. The summed E-state index contributed by atoms with van der Waals surface area (Å²) in [7, 11) is 1.65. The minimum atomic E-state index is -0.314. The van der Waals surface area contributed by atoms with Crippen LogP contribution < -0.4 is 9.47 Å². The Labute approximate surface area is 195 Å². The third kappa shape index (κ3) is 6.20. The number of Topliss-reactive ketones (excluding diaryl/α,β-unsaturated/α-hetero) is 1. The molecule has 4 rings (SSSR count). The predicted molar refractivity (Wildman–Crippen MR) is 127 cm³/mol. The van der Waals surface area contributed by atoms with Crippen molar-refractivity contribution in [3.63, 3.8) is 0 Å². The number of nitrogens with zero attached hydrogens (tertiary/aromatic N) is 1. The Hall–Kier alpha value is -3.18. The van der Waals surface area contributed by atoms with Crippen molar-refractivity contribution in [2.75, 3.05) is 26.7 Å². The van der Waals surface area contributed by atoms with Crippen LogP contribution in [-0.4, -0.2) is 37.4 Å². The Morgan fingerprint density at radius 2 is 1.58 bits per heavy atom. The molecular formula is C28H30FNO3. The third-order valence-electron chi connectivity index (χ3n) is 6.30. The lowest BCUT2D eigenvalue weighted by Gasteiger charge is -2.32. The minimum absolute atomic E-state index is 0.00665. The largest absolute Gasteiger partial charge is 0.497 e. The summed E-state index contributed by atoms with van der Waals surface area (Å²) in [5.41, 5.74) is 1.75. The van der Waals surface area contributed by atoms with Gasteiger partial charge in [-0.2, -0.15) is 0 Å². The summed E-state index contributed by atoms with van der Waals surface area (Å²) in [6.07, 6.45) is 2.45. The topological polar surface area (TPSA) is 38.8 Å². The number of ketones is 1. The number of halogens is 1. The highest BCUT2D eigenvalue weighted by Gasteiger charge is 2.26. The molecular weight excluding hydrogens is 417 g/mol. The Morgan fingerprint density at radius 3 is 2.21 bits per heavy atom. The van der Waals surface area contributed by atoms with Crippen LogP contribution in [0.3, 0.4) is 0 Å². The summed E-state index contributed by atoms with van der Waals surface area (Å²) in [5.74, 6) is 1.43. The maximum absolute atomic E-state index is 13.2. The highest BCUT2D eigenvalue weighted by Crippen LogP contribution is 2.28. The fraction of sp³-hybridized carbons (Fsp3) is 0.321. The van der Waals surface area contributed by atoms with Crippen molar-refractivity contribution >= 4 is 5.78 Å². The van der Waals surface area contributed by atoms with Gasteiger partial charge in [0.25, 0.3) is 0 Å². The van der Waals surface area contributed by atoms with Gasteiger partial charge in [0.15, 0.2) is 5.78 Å². The molecule has 0 bridgehead atoms. The van der Waals surface area contributed by atoms with Gasteiger partial charge in [-0.25, -0.2) is 4.39 Å². The van der Waals surface area contributed by atoms with E-state index in [2.05, 4.69) is 17.0 Å². The lowest BCUT2D eigenvalue weighted by molar-refractivity contribution is 0.0822. The molecule has 172 valence electrons. The van der Waals surface area contributed by atoms with Crippen LogP contribution in [0.2, 0.25) is 0 Å². The van der Waals surface area contributed by atoms with E-state index in [-0.39, 0.29) is 23.6 Å². The Kier molecular flexibility index (Phi) is 7.74. The van der Waals surface area contributed by atoms with E-state index >= 15 is 0 Å². The molecule has 1 atom stereocenters. The summed E-state index contributed by atoms with van der Waals surface area (Å²) < 4.78 is 24.7. The quantitative estimate of drug-likeness (QED) is 0.381. The molecule has 3 aromatic rings. The van der Waals surface area contributed by atoms with Gasteiger partial charge >= 0.3 is 0 Å². The zero-order valence-electron chi connectivity index (χ0n) is 19.0. The van der Waals surface area contributed by atoms with Crippen LogP contribution in [0.4, 0.5) is 4.39 Å². The van der Waals surface area contributed by atoms with E-state index in [0.717, 1.165) is 56.0 Å². The molecule has 0 saturated carbocycles. The smallest absolute Gasteiger partial charge is 0.166 e. The van der Waals surface area contributed by atoms with E-state index in [0.29, 0.717) is 5.56 Å². The Balaban J connectivity index is 1.33. The zero-order valence-corrected chi connectivity index (χ0v) is 19.0. The van der Waals surface area contributed by atoms with Crippen molar-refractivity contribution in [2.24, 2.45) is 5.92 Å². The van der Waals surface area contributed by atoms with E-state index in [1.54, 1.807) is 19.2 Å². The van der Waals surface area contributed by atoms with E-state index in [1.165, 1.54) is 12.1 Å². The number of hydrogen-bond donors (Lipinski definition) is 0. The number of rotatable bonds is 9. The highest BCUT2D eigenvalue weighted by atomic mass is 19.1. The Bertz CT molecular complexity index is 1010. The van der Waals surface area contributed by atoms with Gasteiger partial charge in [-0.05, 0) is 80.0 Å². The van der Waals surface area contributed by atoms with Crippen LogP contribution in [0.15, 0.2) is 78.9 Å². The number of hydrogen-bond acceptors (Lipinski definition) is 4. The lowest BCUT2D eigenvalue weighted by atomic mass is 9.88. The summed E-state index contributed by atoms with van der Waals surface area (Å²) >= 11 is 0. The second-order valence-electron chi connectivity index (χ2n) is 8.47. The first-order chi connectivity index (χ1) is 16.1. The van der Waals surface area contributed by atoms with Gasteiger partial charge in [-0.1, -0.05) is 30.3 Å². The third-order valence-corrected chi connectivity index (χ3v) is 6.30. The zero-order chi connectivity index (χ0) is 23.0. The second kappa shape index (κ2) is 11.1. The van der Waals surface area contributed by atoms with E-state index in [1.807, 2.05) is 42.5 Å². The van der Waals surface area contributed by atoms with Crippen LogP contribution in [0.1, 0.15) is 41.3 Å². The van der Waals surface area contributed by atoms with Crippen LogP contribution in [0, 0.1) is 11.7 Å². The van der Waals surface area contributed by atoms with Gasteiger partial charge in [-0.15, -0.1) is 0 Å². The summed E-state index contributed by atoms with van der Waals surface area (Å²) in [4.78, 5) is 15.2. The predicted octanol–water partition coefficient (Wildman–Crippen LogP) is 5.94. The van der Waals surface area contributed by atoms with Crippen molar-refractivity contribution in [3.8, 4) is 11.5 Å². The number of ether oxygens (including phenoxy) is 2. The molecule has 0 amide bonds. The van der Waals surface area contributed by atoms with Crippen LogP contribution in [0.25, 0.3) is 0 Å². The molecule has 3 aromatic carbocycles. The van der Waals surface area contributed by atoms with Crippen molar-refractivity contribution in [1.29, 1.82) is 0 Å². The molecule has 33 heavy (non-hydrogen) atoms. The number of piperidine rings is 1. The summed E-state index contributed by atoms with van der Waals surface area (Å²) in [6.45, 7) is 2.65. The van der Waals surface area contributed by atoms with Crippen LogP contribution in [0.5, 0.6) is 11.5 Å². The molecule has 0 spiro atoms. The number of carbonyl (C=O) groups is 1. The van der Waals surface area contributed by atoms with Gasteiger partial charge in [0.2, 0.25) is 0 Å². The molecule has 1 unspecified atom stereocenters. The fourth-order valence-electron chi connectivity index (χ4n) is 4.35. The van der Waals surface area contributed by atoms with Crippen molar-refractivity contribution in [3.05, 3.63) is 95.8 Å². The van der Waals surface area contributed by atoms with Gasteiger partial charge in [0.05, 0.1) is 7.11 Å². The molecule has 0 aromatic heterocycles. The van der Waals surface area contributed by atoms with Gasteiger partial charge < -0.3 is 14.4 Å². The van der Waals surface area contributed by atoms with Crippen molar-refractivity contribution in [2.45, 2.75) is 25.4 Å². The maximum Gasteiger partial charge on any atom is 0.166 e. The van der Waals surface area contributed by atoms with Crippen LogP contribution >= 0.6 is 0 Å².